The van der Waals surface area contributed by atoms with E-state index in [9.17, 15) is 13.8 Å². The van der Waals surface area contributed by atoms with Gasteiger partial charge in [-0.3, -0.25) is 18.7 Å². The third-order valence-corrected chi connectivity index (χ3v) is 6.14. The van der Waals surface area contributed by atoms with Gasteiger partial charge in [-0.1, -0.05) is 13.8 Å². The average Bonchev–Trinajstić information content (AvgIpc) is 3.22. The molecule has 1 aromatic heterocycles. The van der Waals surface area contributed by atoms with Crippen LogP contribution >= 0.6 is 0 Å². The summed E-state index contributed by atoms with van der Waals surface area (Å²) in [5.41, 5.74) is 5.32. The van der Waals surface area contributed by atoms with Crippen molar-refractivity contribution in [1.82, 2.24) is 9.88 Å². The summed E-state index contributed by atoms with van der Waals surface area (Å²) in [7, 11) is -0.838. The first-order valence-corrected chi connectivity index (χ1v) is 11.5. The SMILES string of the molecule is CCN(CC)CC(=O)Nc1c(C)[nH]c(/C=C2\C(=O)Nc3ccc(N=[SH](=O)OC)cc32)c1C. The lowest BCUT2D eigenvalue weighted by molar-refractivity contribution is -0.117. The lowest BCUT2D eigenvalue weighted by Gasteiger charge is -2.17. The molecule has 2 amide bonds. The largest absolute Gasteiger partial charge is 0.357 e. The Balaban J connectivity index is 1.92. The second kappa shape index (κ2) is 10.1. The summed E-state index contributed by atoms with van der Waals surface area (Å²) in [5, 5.41) is 5.81. The first kappa shape index (κ1) is 23.7. The first-order chi connectivity index (χ1) is 15.3. The Morgan fingerprint density at radius 2 is 2.00 bits per heavy atom. The highest BCUT2D eigenvalue weighted by Crippen LogP contribution is 2.37. The van der Waals surface area contributed by atoms with Gasteiger partial charge in [-0.15, -0.1) is 0 Å². The highest BCUT2D eigenvalue weighted by Gasteiger charge is 2.25. The Bertz CT molecular complexity index is 1160. The van der Waals surface area contributed by atoms with Gasteiger partial charge in [-0.25, -0.2) is 4.21 Å². The number of aryl methyl sites for hydroxylation is 1. The van der Waals surface area contributed by atoms with Crippen LogP contribution in [-0.2, 0) is 24.6 Å². The maximum atomic E-state index is 12.6. The fourth-order valence-electron chi connectivity index (χ4n) is 3.60. The number of carbonyl (C=O) groups is 2. The van der Waals surface area contributed by atoms with E-state index in [2.05, 4.69) is 20.0 Å². The molecule has 10 heteroatoms. The maximum absolute atomic E-state index is 12.6. The van der Waals surface area contributed by atoms with Crippen molar-refractivity contribution in [3.05, 3.63) is 40.7 Å². The van der Waals surface area contributed by atoms with Gasteiger partial charge in [0.15, 0.2) is 10.9 Å². The number of fused-ring (bicyclic) bond motifs is 1. The number of carbonyl (C=O) groups excluding carboxylic acids is 2. The quantitative estimate of drug-likeness (QED) is 0.357. The molecule has 32 heavy (non-hydrogen) atoms. The minimum absolute atomic E-state index is 0.0828. The van der Waals surface area contributed by atoms with Gasteiger partial charge in [0, 0.05) is 22.6 Å². The molecule has 0 saturated carbocycles. The summed E-state index contributed by atoms with van der Waals surface area (Å²) in [5.74, 6) is -0.326. The molecular weight excluding hydrogens is 430 g/mol. The van der Waals surface area contributed by atoms with Gasteiger partial charge in [-0.2, -0.15) is 4.36 Å². The van der Waals surface area contributed by atoms with Gasteiger partial charge in [0.25, 0.3) is 5.91 Å². The number of benzene rings is 1. The number of thiol groups is 1. The molecule has 1 aliphatic heterocycles. The Labute approximate surface area is 189 Å². The summed E-state index contributed by atoms with van der Waals surface area (Å²) in [6.07, 6.45) is 1.75. The molecule has 3 N–H and O–H groups in total. The van der Waals surface area contributed by atoms with E-state index in [1.165, 1.54) is 7.11 Å². The van der Waals surface area contributed by atoms with E-state index in [-0.39, 0.29) is 11.8 Å². The normalized spacial score (nSPS) is 15.3. The van der Waals surface area contributed by atoms with Crippen molar-refractivity contribution in [2.45, 2.75) is 27.7 Å². The van der Waals surface area contributed by atoms with Crippen molar-refractivity contribution in [1.29, 1.82) is 0 Å². The molecule has 1 atom stereocenters. The van der Waals surface area contributed by atoms with Gasteiger partial charge in [0.1, 0.15) is 0 Å². The Morgan fingerprint density at radius 3 is 2.66 bits per heavy atom. The molecule has 1 unspecified atom stereocenters. The Hall–Kier alpha value is -2.95. The number of nitrogens with one attached hydrogen (secondary N) is 3. The molecule has 2 heterocycles. The number of hydrogen-bond acceptors (Lipinski definition) is 6. The smallest absolute Gasteiger partial charge is 0.256 e. The number of nitrogens with zero attached hydrogens (tertiary/aromatic N) is 2. The third kappa shape index (κ3) is 5.09. The summed E-state index contributed by atoms with van der Waals surface area (Å²) in [6.45, 7) is 9.73. The van der Waals surface area contributed by atoms with Crippen molar-refractivity contribution >= 4 is 51.4 Å². The van der Waals surface area contributed by atoms with Crippen molar-refractivity contribution in [3.63, 3.8) is 0 Å². The molecule has 0 saturated heterocycles. The van der Waals surface area contributed by atoms with E-state index in [1.54, 1.807) is 24.3 Å². The van der Waals surface area contributed by atoms with Crippen LogP contribution in [0.5, 0.6) is 0 Å². The molecule has 0 bridgehead atoms. The number of anilines is 2. The first-order valence-electron chi connectivity index (χ1n) is 10.4. The zero-order valence-corrected chi connectivity index (χ0v) is 19.8. The van der Waals surface area contributed by atoms with Gasteiger partial charge < -0.3 is 15.6 Å². The standard InChI is InChI=1S/C22H29N5O4S/c1-6-27(7-2)12-20(28)25-21-13(3)19(23-14(21)4)11-17-16-10-15(26-32(30)31-5)8-9-18(16)24-22(17)29/h8-11,23,32H,6-7,12H2,1-5H3,(H,24,29)(H,25,28)/b17-11-. The van der Waals surface area contributed by atoms with E-state index in [0.29, 0.717) is 34.7 Å². The van der Waals surface area contributed by atoms with Crippen LogP contribution in [0.2, 0.25) is 0 Å². The molecule has 0 radical (unpaired) electrons. The predicted octanol–water partition coefficient (Wildman–Crippen LogP) is 3.26. The molecule has 0 fully saturated rings. The van der Waals surface area contributed by atoms with Gasteiger partial charge in [-0.05, 0) is 56.8 Å². The van der Waals surface area contributed by atoms with Crippen LogP contribution in [-0.4, -0.2) is 52.7 Å². The van der Waals surface area contributed by atoms with Crippen LogP contribution < -0.4 is 10.6 Å². The van der Waals surface area contributed by atoms with Crippen LogP contribution in [0, 0.1) is 13.8 Å². The molecule has 0 aliphatic carbocycles. The van der Waals surface area contributed by atoms with Crippen molar-refractivity contribution < 1.29 is 18.0 Å². The number of rotatable bonds is 8. The summed E-state index contributed by atoms with van der Waals surface area (Å²) >= 11 is 0. The molecular formula is C22H29N5O4S. The maximum Gasteiger partial charge on any atom is 0.256 e. The van der Waals surface area contributed by atoms with E-state index < -0.39 is 10.9 Å². The molecule has 0 spiro atoms. The van der Waals surface area contributed by atoms with E-state index >= 15 is 0 Å². The van der Waals surface area contributed by atoms with E-state index in [4.69, 9.17) is 4.18 Å². The zero-order chi connectivity index (χ0) is 23.4. The number of likely N-dealkylation sites (N-methyl/N-ethyl adjacent to an activating group) is 1. The van der Waals surface area contributed by atoms with Gasteiger partial charge in [0.05, 0.1) is 30.6 Å². The second-order valence-corrected chi connectivity index (χ2v) is 8.48. The van der Waals surface area contributed by atoms with Crippen LogP contribution in [0.15, 0.2) is 22.6 Å². The predicted molar refractivity (Wildman–Crippen MR) is 128 cm³/mol. The highest BCUT2D eigenvalue weighted by molar-refractivity contribution is 7.69. The lowest BCUT2D eigenvalue weighted by atomic mass is 10.0. The fraction of sp³-hybridized carbons (Fsp3) is 0.364. The molecule has 1 aromatic carbocycles. The molecule has 2 aromatic rings. The number of amides is 2. The molecule has 1 aliphatic rings. The van der Waals surface area contributed by atoms with Crippen LogP contribution in [0.4, 0.5) is 17.1 Å². The van der Waals surface area contributed by atoms with Crippen LogP contribution in [0.25, 0.3) is 11.6 Å². The fourth-order valence-corrected chi connectivity index (χ4v) is 3.99. The third-order valence-electron chi connectivity index (χ3n) is 5.43. The van der Waals surface area contributed by atoms with Crippen molar-refractivity contribution in [2.75, 3.05) is 37.4 Å². The zero-order valence-electron chi connectivity index (χ0n) is 18.9. The van der Waals surface area contributed by atoms with Crippen molar-refractivity contribution in [2.24, 2.45) is 4.36 Å². The van der Waals surface area contributed by atoms with E-state index in [1.807, 2.05) is 32.6 Å². The summed E-state index contributed by atoms with van der Waals surface area (Å²) in [6, 6.07) is 5.09. The van der Waals surface area contributed by atoms with E-state index in [0.717, 1.165) is 30.0 Å². The van der Waals surface area contributed by atoms with Gasteiger partial charge >= 0.3 is 0 Å². The number of hydrogen-bond donors (Lipinski definition) is 4. The molecule has 172 valence electrons. The minimum atomic E-state index is -2.16. The topological polar surface area (TPSA) is 116 Å². The summed E-state index contributed by atoms with van der Waals surface area (Å²) < 4.78 is 20.3. The van der Waals surface area contributed by atoms with Crippen LogP contribution in [0.1, 0.15) is 36.4 Å². The van der Waals surface area contributed by atoms with Crippen molar-refractivity contribution in [3.8, 4) is 0 Å². The highest BCUT2D eigenvalue weighted by atomic mass is 32.2. The Morgan fingerprint density at radius 1 is 1.28 bits per heavy atom. The Kier molecular flexibility index (Phi) is 7.49. The number of H-pyrrole nitrogens is 1. The molecule has 9 nitrogen and oxygen atoms in total. The monoisotopic (exact) mass is 459 g/mol. The summed E-state index contributed by atoms with van der Waals surface area (Å²) in [4.78, 5) is 30.4. The minimum Gasteiger partial charge on any atom is -0.357 e. The second-order valence-electron chi connectivity index (χ2n) is 7.44. The van der Waals surface area contributed by atoms with Gasteiger partial charge in [0.2, 0.25) is 5.91 Å². The average molecular weight is 460 g/mol. The molecule has 3 rings (SSSR count). The number of aromatic nitrogens is 1. The number of aromatic amines is 1. The lowest BCUT2D eigenvalue weighted by Crippen LogP contribution is -2.33. The van der Waals surface area contributed by atoms with Crippen LogP contribution in [0.3, 0.4) is 0 Å².